The molecule has 1 aromatic heterocycles. The Morgan fingerprint density at radius 3 is 2.68 bits per heavy atom. The van der Waals surface area contributed by atoms with Gasteiger partial charge in [-0.25, -0.2) is 4.98 Å². The molecule has 2 N–H and O–H groups in total. The number of likely N-dealkylation sites (tertiary alicyclic amines) is 1. The molecule has 160 valence electrons. The van der Waals surface area contributed by atoms with Gasteiger partial charge in [-0.3, -0.25) is 4.79 Å². The Labute approximate surface area is 187 Å². The van der Waals surface area contributed by atoms with E-state index in [1.807, 2.05) is 11.0 Å². The number of aromatic nitrogens is 1. The molecule has 2 aliphatic heterocycles. The molecule has 0 bridgehead atoms. The Balaban J connectivity index is 1.49. The fourth-order valence-corrected chi connectivity index (χ4v) is 5.21. The lowest BCUT2D eigenvalue weighted by atomic mass is 9.87. The summed E-state index contributed by atoms with van der Waals surface area (Å²) in [4.78, 5) is 20.0. The number of hydrogen-bond donors (Lipinski definition) is 1. The smallest absolute Gasteiger partial charge is 0.255 e. The zero-order valence-corrected chi connectivity index (χ0v) is 18.6. The van der Waals surface area contributed by atoms with Crippen molar-refractivity contribution in [2.75, 3.05) is 18.8 Å². The minimum atomic E-state index is -0.0237. The number of carbonyl (C=O) groups excluding carboxylic acids is 1. The number of ether oxygens (including phenoxy) is 1. The Bertz CT molecular complexity index is 1180. The highest BCUT2D eigenvalue weighted by Gasteiger charge is 2.36. The van der Waals surface area contributed by atoms with Crippen molar-refractivity contribution in [3.63, 3.8) is 0 Å². The fourth-order valence-electron chi connectivity index (χ4n) is 4.97. The minimum absolute atomic E-state index is 0.0237. The van der Waals surface area contributed by atoms with Gasteiger partial charge in [0.1, 0.15) is 5.82 Å². The Morgan fingerprint density at radius 2 is 1.94 bits per heavy atom. The lowest BCUT2D eigenvalue weighted by molar-refractivity contribution is 0.0786. The average molecular weight is 436 g/mol. The number of rotatable bonds is 3. The largest absolute Gasteiger partial charge is 0.383 e. The van der Waals surface area contributed by atoms with Gasteiger partial charge in [-0.2, -0.15) is 0 Å². The van der Waals surface area contributed by atoms with Crippen LogP contribution in [-0.2, 0) is 18.0 Å². The van der Waals surface area contributed by atoms with Gasteiger partial charge >= 0.3 is 0 Å². The van der Waals surface area contributed by atoms with Gasteiger partial charge in [0.05, 0.1) is 29.3 Å². The average Bonchev–Trinajstić information content (AvgIpc) is 3.41. The summed E-state index contributed by atoms with van der Waals surface area (Å²) in [6.07, 6.45) is 1.03. The maximum absolute atomic E-state index is 13.5. The molecule has 31 heavy (non-hydrogen) atoms. The molecule has 3 aromatic rings. The van der Waals surface area contributed by atoms with Crippen LogP contribution in [0.4, 0.5) is 5.82 Å². The number of aryl methyl sites for hydroxylation is 1. The van der Waals surface area contributed by atoms with Crippen LogP contribution in [0.3, 0.4) is 0 Å². The Kier molecular flexibility index (Phi) is 5.11. The monoisotopic (exact) mass is 435 g/mol. The van der Waals surface area contributed by atoms with Gasteiger partial charge in [-0.1, -0.05) is 54.8 Å². The molecule has 0 saturated carbocycles. The van der Waals surface area contributed by atoms with Gasteiger partial charge in [0, 0.05) is 30.0 Å². The molecular formula is C25H26ClN3O2. The van der Waals surface area contributed by atoms with Gasteiger partial charge < -0.3 is 15.4 Å². The van der Waals surface area contributed by atoms with Crippen molar-refractivity contribution in [2.24, 2.45) is 5.92 Å². The highest BCUT2D eigenvalue weighted by atomic mass is 35.5. The first-order valence-electron chi connectivity index (χ1n) is 10.8. The molecule has 2 aromatic carbocycles. The summed E-state index contributed by atoms with van der Waals surface area (Å²) in [5.41, 5.74) is 11.8. The summed E-state index contributed by atoms with van der Waals surface area (Å²) in [5.74, 6) is 1.23. The quantitative estimate of drug-likeness (QED) is 0.623. The lowest BCUT2D eigenvalue weighted by Crippen LogP contribution is -2.29. The van der Waals surface area contributed by atoms with Crippen LogP contribution in [-0.4, -0.2) is 28.9 Å². The van der Waals surface area contributed by atoms with Crippen LogP contribution < -0.4 is 5.73 Å². The second kappa shape index (κ2) is 7.81. The van der Waals surface area contributed by atoms with E-state index in [-0.39, 0.29) is 5.91 Å². The van der Waals surface area contributed by atoms with Gasteiger partial charge in [-0.05, 0) is 36.1 Å². The van der Waals surface area contributed by atoms with E-state index in [1.54, 1.807) is 6.07 Å². The van der Waals surface area contributed by atoms with Crippen molar-refractivity contribution in [1.29, 1.82) is 0 Å². The number of hydrogen-bond acceptors (Lipinski definition) is 4. The minimum Gasteiger partial charge on any atom is -0.383 e. The number of halogens is 1. The summed E-state index contributed by atoms with van der Waals surface area (Å²) in [6.45, 7) is 6.67. The molecule has 2 atom stereocenters. The lowest BCUT2D eigenvalue weighted by Gasteiger charge is -2.18. The van der Waals surface area contributed by atoms with Crippen molar-refractivity contribution in [3.8, 4) is 0 Å². The first-order chi connectivity index (χ1) is 15.0. The third kappa shape index (κ3) is 3.46. The standard InChI is InChI=1S/C25H26ClN3O2/c1-3-15-10-29(11-19(15)16-6-4-14(2)5-7-16)25(30)18-8-17-20-12-31-13-21(20)24(27)28-23(17)9-22(18)26/h4-9,15,19H,3,10-13H2,1-2H3,(H2,27,28)/t15-,19-/m1/s1. The number of anilines is 1. The van der Waals surface area contributed by atoms with Crippen LogP contribution >= 0.6 is 11.6 Å². The molecule has 1 amide bonds. The molecule has 0 radical (unpaired) electrons. The molecule has 5 rings (SSSR count). The van der Waals surface area contributed by atoms with Gasteiger partial charge in [0.2, 0.25) is 0 Å². The summed E-state index contributed by atoms with van der Waals surface area (Å²) in [7, 11) is 0. The third-order valence-corrected chi connectivity index (χ3v) is 7.12. The number of pyridine rings is 1. The molecular weight excluding hydrogens is 410 g/mol. The van der Waals surface area contributed by atoms with Crippen LogP contribution in [0.1, 0.15) is 51.9 Å². The maximum atomic E-state index is 13.5. The van der Waals surface area contributed by atoms with Crippen molar-refractivity contribution in [3.05, 3.63) is 69.2 Å². The number of benzene rings is 2. The number of nitrogens with two attached hydrogens (primary N) is 1. The summed E-state index contributed by atoms with van der Waals surface area (Å²) in [5, 5.41) is 1.31. The first-order valence-corrected chi connectivity index (χ1v) is 11.2. The van der Waals surface area contributed by atoms with Crippen LogP contribution in [0.5, 0.6) is 0 Å². The van der Waals surface area contributed by atoms with E-state index in [4.69, 9.17) is 22.1 Å². The molecule has 6 heteroatoms. The number of fused-ring (bicyclic) bond motifs is 3. The number of carbonyl (C=O) groups is 1. The number of nitrogens with zero attached hydrogens (tertiary/aromatic N) is 2. The van der Waals surface area contributed by atoms with Crippen LogP contribution in [0.15, 0.2) is 36.4 Å². The number of amides is 1. The summed E-state index contributed by atoms with van der Waals surface area (Å²) in [6, 6.07) is 12.3. The van der Waals surface area contributed by atoms with Crippen molar-refractivity contribution in [2.45, 2.75) is 39.4 Å². The Hall–Kier alpha value is -2.63. The molecule has 3 heterocycles. The predicted molar refractivity (Wildman–Crippen MR) is 123 cm³/mol. The second-order valence-electron chi connectivity index (χ2n) is 8.69. The zero-order valence-electron chi connectivity index (χ0n) is 17.8. The maximum Gasteiger partial charge on any atom is 0.255 e. The Morgan fingerprint density at radius 1 is 1.19 bits per heavy atom. The number of nitrogen functional groups attached to an aromatic ring is 1. The second-order valence-corrected chi connectivity index (χ2v) is 9.10. The molecule has 5 nitrogen and oxygen atoms in total. The van der Waals surface area contributed by atoms with Crippen LogP contribution in [0.2, 0.25) is 5.02 Å². The highest BCUT2D eigenvalue weighted by molar-refractivity contribution is 6.34. The molecule has 0 unspecified atom stereocenters. The van der Waals surface area contributed by atoms with Crippen molar-refractivity contribution < 1.29 is 9.53 Å². The van der Waals surface area contributed by atoms with E-state index in [1.165, 1.54) is 11.1 Å². The topological polar surface area (TPSA) is 68.5 Å². The molecule has 1 saturated heterocycles. The van der Waals surface area contributed by atoms with Gasteiger partial charge in [0.25, 0.3) is 5.91 Å². The summed E-state index contributed by atoms with van der Waals surface area (Å²) >= 11 is 6.56. The van der Waals surface area contributed by atoms with E-state index in [9.17, 15) is 4.79 Å². The van der Waals surface area contributed by atoms with Gasteiger partial charge in [-0.15, -0.1) is 0 Å². The van der Waals surface area contributed by atoms with E-state index in [0.29, 0.717) is 53.5 Å². The normalized spacial score (nSPS) is 20.4. The van der Waals surface area contributed by atoms with Gasteiger partial charge in [0.15, 0.2) is 0 Å². The van der Waals surface area contributed by atoms with E-state index in [2.05, 4.69) is 43.1 Å². The van der Waals surface area contributed by atoms with Crippen LogP contribution in [0.25, 0.3) is 10.9 Å². The summed E-state index contributed by atoms with van der Waals surface area (Å²) < 4.78 is 5.59. The first kappa shape index (κ1) is 20.3. The SMILES string of the molecule is CC[C@@H]1CN(C(=O)c2cc3c4c(c(N)nc3cc2Cl)COC4)C[C@H]1c1ccc(C)cc1. The molecule has 0 aliphatic carbocycles. The van der Waals surface area contributed by atoms with Crippen molar-refractivity contribution in [1.82, 2.24) is 9.88 Å². The van der Waals surface area contributed by atoms with Crippen molar-refractivity contribution >= 4 is 34.2 Å². The third-order valence-electron chi connectivity index (χ3n) is 6.81. The zero-order chi connectivity index (χ0) is 21.7. The van der Waals surface area contributed by atoms with E-state index in [0.717, 1.165) is 29.5 Å². The highest BCUT2D eigenvalue weighted by Crippen LogP contribution is 2.38. The molecule has 2 aliphatic rings. The fraction of sp³-hybridized carbons (Fsp3) is 0.360. The molecule has 0 spiro atoms. The van der Waals surface area contributed by atoms with Crippen LogP contribution in [0, 0.1) is 12.8 Å². The predicted octanol–water partition coefficient (Wildman–Crippen LogP) is 5.07. The van der Waals surface area contributed by atoms with E-state index < -0.39 is 0 Å². The molecule has 1 fully saturated rings. The van der Waals surface area contributed by atoms with E-state index >= 15 is 0 Å².